The third-order valence-electron chi connectivity index (χ3n) is 4.18. The van der Waals surface area contributed by atoms with E-state index in [1.54, 1.807) is 0 Å². The summed E-state index contributed by atoms with van der Waals surface area (Å²) < 4.78 is 0. The van der Waals surface area contributed by atoms with E-state index < -0.39 is 0 Å². The molecule has 1 N–H and O–H groups in total. The normalized spacial score (nSPS) is 23.6. The molecule has 2 aliphatic carbocycles. The predicted octanol–water partition coefficient (Wildman–Crippen LogP) is 3.34. The summed E-state index contributed by atoms with van der Waals surface area (Å²) in [4.78, 5) is 0. The fourth-order valence-electron chi connectivity index (χ4n) is 2.81. The van der Waals surface area contributed by atoms with Gasteiger partial charge in [0.15, 0.2) is 0 Å². The van der Waals surface area contributed by atoms with Gasteiger partial charge in [-0.3, -0.25) is 0 Å². The van der Waals surface area contributed by atoms with Crippen LogP contribution in [0.3, 0.4) is 0 Å². The molecule has 0 unspecified atom stereocenters. The van der Waals surface area contributed by atoms with Crippen LogP contribution in [-0.4, -0.2) is 12.6 Å². The standard InChI is InChI=1S/C13H25N/c1-2-14-13(9-11-5-3-6-11)10-12-7-4-8-12/h11-14H,2-10H2,1H3. The van der Waals surface area contributed by atoms with E-state index in [1.165, 1.54) is 51.4 Å². The summed E-state index contributed by atoms with van der Waals surface area (Å²) in [5, 5.41) is 3.68. The van der Waals surface area contributed by atoms with E-state index in [-0.39, 0.29) is 0 Å². The zero-order valence-corrected chi connectivity index (χ0v) is 9.60. The summed E-state index contributed by atoms with van der Waals surface area (Å²) in [6, 6.07) is 0.843. The van der Waals surface area contributed by atoms with E-state index in [0.29, 0.717) is 0 Å². The topological polar surface area (TPSA) is 12.0 Å². The van der Waals surface area contributed by atoms with Crippen molar-refractivity contribution < 1.29 is 0 Å². The SMILES string of the molecule is CCNC(CC1CCC1)CC1CCC1. The van der Waals surface area contributed by atoms with Gasteiger partial charge in [0.1, 0.15) is 0 Å². The largest absolute Gasteiger partial charge is 0.314 e. The monoisotopic (exact) mass is 195 g/mol. The maximum atomic E-state index is 3.68. The fourth-order valence-corrected chi connectivity index (χ4v) is 2.81. The van der Waals surface area contributed by atoms with Crippen molar-refractivity contribution in [1.82, 2.24) is 5.32 Å². The molecule has 0 spiro atoms. The van der Waals surface area contributed by atoms with Crippen molar-refractivity contribution in [2.45, 2.75) is 64.3 Å². The van der Waals surface area contributed by atoms with Gasteiger partial charge in [0, 0.05) is 6.04 Å². The molecule has 0 aromatic carbocycles. The van der Waals surface area contributed by atoms with Crippen LogP contribution in [0, 0.1) is 11.8 Å². The molecule has 0 aromatic heterocycles. The van der Waals surface area contributed by atoms with Crippen LogP contribution in [0.5, 0.6) is 0 Å². The Labute approximate surface area is 88.7 Å². The second kappa shape index (κ2) is 5.16. The van der Waals surface area contributed by atoms with Crippen molar-refractivity contribution in [2.24, 2.45) is 11.8 Å². The Morgan fingerprint density at radius 3 is 1.79 bits per heavy atom. The van der Waals surface area contributed by atoms with Crippen LogP contribution < -0.4 is 5.32 Å². The Balaban J connectivity index is 1.67. The fraction of sp³-hybridized carbons (Fsp3) is 1.00. The zero-order valence-electron chi connectivity index (χ0n) is 9.60. The average molecular weight is 195 g/mol. The summed E-state index contributed by atoms with van der Waals surface area (Å²) in [6.45, 7) is 3.40. The van der Waals surface area contributed by atoms with E-state index in [4.69, 9.17) is 0 Å². The number of hydrogen-bond donors (Lipinski definition) is 1. The lowest BCUT2D eigenvalue weighted by molar-refractivity contribution is 0.209. The van der Waals surface area contributed by atoms with Crippen LogP contribution in [0.25, 0.3) is 0 Å². The first-order chi connectivity index (χ1) is 6.88. The second-order valence-electron chi connectivity index (χ2n) is 5.32. The molecular weight excluding hydrogens is 170 g/mol. The Hall–Kier alpha value is -0.0400. The number of rotatable bonds is 6. The van der Waals surface area contributed by atoms with Crippen LogP contribution in [0.1, 0.15) is 58.3 Å². The van der Waals surface area contributed by atoms with E-state index in [9.17, 15) is 0 Å². The minimum Gasteiger partial charge on any atom is -0.314 e. The molecule has 0 bridgehead atoms. The molecule has 0 aromatic rings. The van der Waals surface area contributed by atoms with E-state index in [0.717, 1.165) is 24.4 Å². The van der Waals surface area contributed by atoms with Crippen molar-refractivity contribution >= 4 is 0 Å². The maximum absolute atomic E-state index is 3.68. The molecule has 82 valence electrons. The number of hydrogen-bond acceptors (Lipinski definition) is 1. The molecule has 1 nitrogen and oxygen atoms in total. The molecule has 2 fully saturated rings. The summed E-state index contributed by atoms with van der Waals surface area (Å²) in [5.74, 6) is 2.14. The van der Waals surface area contributed by atoms with Gasteiger partial charge in [0.25, 0.3) is 0 Å². The van der Waals surface area contributed by atoms with Gasteiger partial charge >= 0.3 is 0 Å². The van der Waals surface area contributed by atoms with Crippen molar-refractivity contribution in [2.75, 3.05) is 6.54 Å². The lowest BCUT2D eigenvalue weighted by Crippen LogP contribution is -2.35. The Kier molecular flexibility index (Phi) is 3.86. The maximum Gasteiger partial charge on any atom is 0.00722 e. The van der Waals surface area contributed by atoms with Crippen LogP contribution in [-0.2, 0) is 0 Å². The van der Waals surface area contributed by atoms with Gasteiger partial charge in [-0.1, -0.05) is 45.4 Å². The van der Waals surface area contributed by atoms with Gasteiger partial charge in [0.2, 0.25) is 0 Å². The summed E-state index contributed by atoms with van der Waals surface area (Å²) in [7, 11) is 0. The van der Waals surface area contributed by atoms with Crippen LogP contribution in [0.15, 0.2) is 0 Å². The number of nitrogens with one attached hydrogen (secondary N) is 1. The lowest BCUT2D eigenvalue weighted by atomic mass is 9.75. The van der Waals surface area contributed by atoms with E-state index >= 15 is 0 Å². The summed E-state index contributed by atoms with van der Waals surface area (Å²) in [6.07, 6.45) is 11.9. The molecular formula is C13H25N. The Morgan fingerprint density at radius 1 is 1.00 bits per heavy atom. The highest BCUT2D eigenvalue weighted by atomic mass is 14.9. The molecule has 0 amide bonds. The van der Waals surface area contributed by atoms with E-state index in [2.05, 4.69) is 12.2 Å². The molecule has 2 rings (SSSR count). The predicted molar refractivity (Wildman–Crippen MR) is 61.4 cm³/mol. The molecule has 0 saturated heterocycles. The molecule has 14 heavy (non-hydrogen) atoms. The first-order valence-corrected chi connectivity index (χ1v) is 6.62. The minimum absolute atomic E-state index is 0.843. The molecule has 2 saturated carbocycles. The van der Waals surface area contributed by atoms with Crippen LogP contribution in [0.4, 0.5) is 0 Å². The van der Waals surface area contributed by atoms with Gasteiger partial charge in [-0.25, -0.2) is 0 Å². The molecule has 2 aliphatic rings. The molecule has 0 atom stereocenters. The Morgan fingerprint density at radius 2 is 1.50 bits per heavy atom. The first-order valence-electron chi connectivity index (χ1n) is 6.62. The molecule has 0 aliphatic heterocycles. The van der Waals surface area contributed by atoms with E-state index in [1.807, 2.05) is 0 Å². The van der Waals surface area contributed by atoms with Crippen LogP contribution in [0.2, 0.25) is 0 Å². The minimum atomic E-state index is 0.843. The Bertz CT molecular complexity index is 143. The summed E-state index contributed by atoms with van der Waals surface area (Å²) in [5.41, 5.74) is 0. The third-order valence-corrected chi connectivity index (χ3v) is 4.18. The summed E-state index contributed by atoms with van der Waals surface area (Å²) >= 11 is 0. The van der Waals surface area contributed by atoms with Gasteiger partial charge in [-0.2, -0.15) is 0 Å². The highest BCUT2D eigenvalue weighted by Crippen LogP contribution is 2.35. The molecule has 0 radical (unpaired) electrons. The van der Waals surface area contributed by atoms with Gasteiger partial charge in [0.05, 0.1) is 0 Å². The quantitative estimate of drug-likeness (QED) is 0.685. The van der Waals surface area contributed by atoms with Crippen molar-refractivity contribution in [3.63, 3.8) is 0 Å². The highest BCUT2D eigenvalue weighted by molar-refractivity contribution is 4.81. The van der Waals surface area contributed by atoms with Gasteiger partial charge in [-0.05, 0) is 31.2 Å². The van der Waals surface area contributed by atoms with Crippen LogP contribution >= 0.6 is 0 Å². The second-order valence-corrected chi connectivity index (χ2v) is 5.32. The molecule has 1 heteroatoms. The third kappa shape index (κ3) is 2.73. The van der Waals surface area contributed by atoms with Crippen molar-refractivity contribution in [3.8, 4) is 0 Å². The lowest BCUT2D eigenvalue weighted by Gasteiger charge is -2.34. The van der Waals surface area contributed by atoms with Gasteiger partial charge < -0.3 is 5.32 Å². The molecule has 0 heterocycles. The van der Waals surface area contributed by atoms with Crippen molar-refractivity contribution in [3.05, 3.63) is 0 Å². The first kappa shape index (κ1) is 10.5. The van der Waals surface area contributed by atoms with Crippen molar-refractivity contribution in [1.29, 1.82) is 0 Å². The highest BCUT2D eigenvalue weighted by Gasteiger charge is 2.25. The van der Waals surface area contributed by atoms with Gasteiger partial charge in [-0.15, -0.1) is 0 Å². The smallest absolute Gasteiger partial charge is 0.00722 e. The zero-order chi connectivity index (χ0) is 9.80. The average Bonchev–Trinajstić information content (AvgIpc) is 2.03.